The average Bonchev–Trinajstić information content (AvgIpc) is 2.47. The third-order valence-electron chi connectivity index (χ3n) is 2.95. The van der Waals surface area contributed by atoms with Crippen molar-refractivity contribution in [2.24, 2.45) is 0 Å². The van der Waals surface area contributed by atoms with Crippen LogP contribution in [0.3, 0.4) is 0 Å². The highest BCUT2D eigenvalue weighted by Gasteiger charge is 2.07. The number of hydrogen-bond acceptors (Lipinski definition) is 3. The molecule has 0 aliphatic rings. The van der Waals surface area contributed by atoms with Crippen LogP contribution in [0.4, 0.5) is 0 Å². The third kappa shape index (κ3) is 2.94. The van der Waals surface area contributed by atoms with Gasteiger partial charge in [-0.25, -0.2) is 0 Å². The van der Waals surface area contributed by atoms with Crippen molar-refractivity contribution in [2.75, 3.05) is 14.2 Å². The first-order valence-corrected chi connectivity index (χ1v) is 5.95. The molecule has 2 rings (SSSR count). The van der Waals surface area contributed by atoms with E-state index in [9.17, 15) is 4.79 Å². The van der Waals surface area contributed by atoms with Crippen molar-refractivity contribution in [3.8, 4) is 22.6 Å². The van der Waals surface area contributed by atoms with Crippen molar-refractivity contribution < 1.29 is 14.3 Å². The molecule has 2 aromatic carbocycles. The van der Waals surface area contributed by atoms with Crippen molar-refractivity contribution in [3.05, 3.63) is 48.0 Å². The van der Waals surface area contributed by atoms with E-state index < -0.39 is 0 Å². The Morgan fingerprint density at radius 2 is 1.74 bits per heavy atom. The highest BCUT2D eigenvalue weighted by Crippen LogP contribution is 2.33. The number of hydrogen-bond donors (Lipinski definition) is 0. The summed E-state index contributed by atoms with van der Waals surface area (Å²) in [6.07, 6.45) is 2.20. The molecular weight excluding hydrogens is 240 g/mol. The first kappa shape index (κ1) is 13.1. The molecule has 2 aromatic rings. The van der Waals surface area contributed by atoms with Crippen LogP contribution >= 0.6 is 0 Å². The monoisotopic (exact) mass is 255 g/mol. The van der Waals surface area contributed by atoms with Crippen molar-refractivity contribution in [2.45, 2.75) is 6.42 Å². The SMILES string of the molecule is COc1ccc(OC)c(-c2ccc(C[C]=O)cc2)c1. The Labute approximate surface area is 112 Å². The van der Waals surface area contributed by atoms with Gasteiger partial charge in [-0.3, -0.25) is 4.79 Å². The van der Waals surface area contributed by atoms with Gasteiger partial charge in [-0.05, 0) is 29.3 Å². The fourth-order valence-corrected chi connectivity index (χ4v) is 1.93. The molecule has 0 saturated heterocycles. The predicted molar refractivity (Wildman–Crippen MR) is 74.4 cm³/mol. The number of rotatable bonds is 5. The maximum absolute atomic E-state index is 10.4. The Morgan fingerprint density at radius 3 is 2.32 bits per heavy atom. The highest BCUT2D eigenvalue weighted by molar-refractivity contribution is 5.72. The Morgan fingerprint density at radius 1 is 1.00 bits per heavy atom. The zero-order chi connectivity index (χ0) is 13.7. The molecule has 0 spiro atoms. The minimum atomic E-state index is 0.315. The van der Waals surface area contributed by atoms with Gasteiger partial charge in [-0.2, -0.15) is 0 Å². The maximum Gasteiger partial charge on any atom is 0.203 e. The number of ether oxygens (including phenoxy) is 2. The molecule has 0 aliphatic carbocycles. The fourth-order valence-electron chi connectivity index (χ4n) is 1.93. The van der Waals surface area contributed by atoms with Crippen LogP contribution in [0.15, 0.2) is 42.5 Å². The summed E-state index contributed by atoms with van der Waals surface area (Å²) in [5, 5.41) is 0. The Hall–Kier alpha value is -2.29. The van der Waals surface area contributed by atoms with Gasteiger partial charge < -0.3 is 9.47 Å². The summed E-state index contributed by atoms with van der Waals surface area (Å²) in [6.45, 7) is 0. The number of carbonyl (C=O) groups excluding carboxylic acids is 1. The topological polar surface area (TPSA) is 35.5 Å². The average molecular weight is 255 g/mol. The zero-order valence-corrected chi connectivity index (χ0v) is 11.0. The van der Waals surface area contributed by atoms with Crippen molar-refractivity contribution in [3.63, 3.8) is 0 Å². The molecule has 0 N–H and O–H groups in total. The van der Waals surface area contributed by atoms with Gasteiger partial charge in [0.2, 0.25) is 6.29 Å². The van der Waals surface area contributed by atoms with Crippen LogP contribution in [-0.4, -0.2) is 20.5 Å². The van der Waals surface area contributed by atoms with Crippen LogP contribution in [0.25, 0.3) is 11.1 Å². The predicted octanol–water partition coefficient (Wildman–Crippen LogP) is 3.02. The molecule has 0 aliphatic heterocycles. The normalized spacial score (nSPS) is 10.0. The van der Waals surface area contributed by atoms with E-state index in [1.165, 1.54) is 0 Å². The quantitative estimate of drug-likeness (QED) is 0.823. The summed E-state index contributed by atoms with van der Waals surface area (Å²) in [5.41, 5.74) is 2.93. The molecule has 0 bridgehead atoms. The van der Waals surface area contributed by atoms with E-state index in [0.29, 0.717) is 6.42 Å². The largest absolute Gasteiger partial charge is 0.497 e. The van der Waals surface area contributed by atoms with E-state index in [-0.39, 0.29) is 0 Å². The van der Waals surface area contributed by atoms with E-state index >= 15 is 0 Å². The second-order valence-electron chi connectivity index (χ2n) is 4.08. The minimum Gasteiger partial charge on any atom is -0.497 e. The van der Waals surface area contributed by atoms with Gasteiger partial charge in [0, 0.05) is 12.0 Å². The molecular formula is C16H15O3. The lowest BCUT2D eigenvalue weighted by Gasteiger charge is -2.11. The molecule has 1 radical (unpaired) electrons. The van der Waals surface area contributed by atoms with Gasteiger partial charge in [0.25, 0.3) is 0 Å². The smallest absolute Gasteiger partial charge is 0.203 e. The third-order valence-corrected chi connectivity index (χ3v) is 2.95. The Balaban J connectivity index is 2.41. The Bertz CT molecular complexity index is 559. The van der Waals surface area contributed by atoms with Gasteiger partial charge in [0.05, 0.1) is 14.2 Å². The summed E-state index contributed by atoms with van der Waals surface area (Å²) < 4.78 is 10.6. The highest BCUT2D eigenvalue weighted by atomic mass is 16.5. The van der Waals surface area contributed by atoms with Crippen LogP contribution in [0.1, 0.15) is 5.56 Å². The molecule has 0 fully saturated rings. The maximum atomic E-state index is 10.4. The molecule has 3 nitrogen and oxygen atoms in total. The summed E-state index contributed by atoms with van der Waals surface area (Å²) in [5.74, 6) is 1.57. The zero-order valence-electron chi connectivity index (χ0n) is 11.0. The van der Waals surface area contributed by atoms with E-state index in [1.54, 1.807) is 14.2 Å². The van der Waals surface area contributed by atoms with E-state index in [0.717, 1.165) is 28.2 Å². The first-order chi connectivity index (χ1) is 9.28. The lowest BCUT2D eigenvalue weighted by molar-refractivity contribution is 0.404. The van der Waals surface area contributed by atoms with Gasteiger partial charge >= 0.3 is 0 Å². The van der Waals surface area contributed by atoms with E-state index in [4.69, 9.17) is 9.47 Å². The van der Waals surface area contributed by atoms with Gasteiger partial charge in [-0.15, -0.1) is 0 Å². The molecule has 3 heteroatoms. The number of benzene rings is 2. The molecule has 19 heavy (non-hydrogen) atoms. The van der Waals surface area contributed by atoms with Gasteiger partial charge in [0.1, 0.15) is 11.5 Å². The fraction of sp³-hybridized carbons (Fsp3) is 0.188. The standard InChI is InChI=1S/C16H15O3/c1-18-14-7-8-16(19-2)15(11-14)13-5-3-12(4-6-13)9-10-17/h3-8,11H,9H2,1-2H3. The second-order valence-corrected chi connectivity index (χ2v) is 4.08. The van der Waals surface area contributed by atoms with Gasteiger partial charge in [-0.1, -0.05) is 24.3 Å². The molecule has 0 aromatic heterocycles. The minimum absolute atomic E-state index is 0.315. The first-order valence-electron chi connectivity index (χ1n) is 5.95. The summed E-state index contributed by atoms with van der Waals surface area (Å²) in [4.78, 5) is 10.4. The van der Waals surface area contributed by atoms with Crippen LogP contribution in [-0.2, 0) is 11.2 Å². The van der Waals surface area contributed by atoms with Crippen LogP contribution < -0.4 is 9.47 Å². The summed E-state index contributed by atoms with van der Waals surface area (Å²) in [6, 6.07) is 13.4. The summed E-state index contributed by atoms with van der Waals surface area (Å²) >= 11 is 0. The van der Waals surface area contributed by atoms with Crippen molar-refractivity contribution in [1.29, 1.82) is 0 Å². The summed E-state index contributed by atoms with van der Waals surface area (Å²) in [7, 11) is 3.27. The molecule has 0 saturated carbocycles. The molecule has 0 heterocycles. The second kappa shape index (κ2) is 6.05. The van der Waals surface area contributed by atoms with Gasteiger partial charge in [0.15, 0.2) is 0 Å². The lowest BCUT2D eigenvalue weighted by Crippen LogP contribution is -1.91. The van der Waals surface area contributed by atoms with Crippen molar-refractivity contribution in [1.82, 2.24) is 0 Å². The molecule has 0 amide bonds. The molecule has 0 atom stereocenters. The van der Waals surface area contributed by atoms with Crippen LogP contribution in [0.5, 0.6) is 11.5 Å². The van der Waals surface area contributed by atoms with E-state index in [2.05, 4.69) is 0 Å². The Kier molecular flexibility index (Phi) is 4.18. The van der Waals surface area contributed by atoms with Crippen molar-refractivity contribution >= 4 is 6.29 Å². The molecule has 0 unspecified atom stereocenters. The van der Waals surface area contributed by atoms with E-state index in [1.807, 2.05) is 48.8 Å². The van der Waals surface area contributed by atoms with Crippen LogP contribution in [0, 0.1) is 0 Å². The molecule has 97 valence electrons. The van der Waals surface area contributed by atoms with Crippen LogP contribution in [0.2, 0.25) is 0 Å². The lowest BCUT2D eigenvalue weighted by atomic mass is 10.0. The number of methoxy groups -OCH3 is 2.